The normalized spacial score (nSPS) is 22.2. The molecular formula is C22H24N3O4+. The minimum Gasteiger partial charge on any atom is -0.507 e. The third-order valence-corrected chi connectivity index (χ3v) is 5.52. The molecular weight excluding hydrogens is 370 g/mol. The highest BCUT2D eigenvalue weighted by molar-refractivity contribution is 6.46. The summed E-state index contributed by atoms with van der Waals surface area (Å²) in [6.07, 6.45) is 3.26. The van der Waals surface area contributed by atoms with Crippen molar-refractivity contribution in [2.24, 2.45) is 0 Å². The topological polar surface area (TPSA) is 84.2 Å². The van der Waals surface area contributed by atoms with Gasteiger partial charge in [0.05, 0.1) is 37.9 Å². The third kappa shape index (κ3) is 3.92. The van der Waals surface area contributed by atoms with Crippen molar-refractivity contribution < 1.29 is 24.3 Å². The van der Waals surface area contributed by atoms with Crippen molar-refractivity contribution in [2.45, 2.75) is 6.04 Å². The molecule has 4 rings (SSSR count). The molecule has 1 aromatic carbocycles. The minimum absolute atomic E-state index is 0.129. The van der Waals surface area contributed by atoms with Crippen LogP contribution in [0.15, 0.2) is 60.4 Å². The van der Waals surface area contributed by atoms with Crippen LogP contribution in [-0.4, -0.2) is 66.1 Å². The number of likely N-dealkylation sites (tertiary alicyclic amines) is 1. The monoisotopic (exact) mass is 394 g/mol. The van der Waals surface area contributed by atoms with Crippen molar-refractivity contribution >= 4 is 17.4 Å². The van der Waals surface area contributed by atoms with Crippen molar-refractivity contribution in [2.75, 3.05) is 39.4 Å². The Hall–Kier alpha value is -3.03. The average molecular weight is 394 g/mol. The van der Waals surface area contributed by atoms with Crippen LogP contribution in [-0.2, 0) is 14.3 Å². The van der Waals surface area contributed by atoms with Crippen molar-refractivity contribution in [1.29, 1.82) is 0 Å². The number of carbonyl (C=O) groups excluding carboxylic acids is 2. The first kappa shape index (κ1) is 19.3. The molecule has 150 valence electrons. The first-order valence-electron chi connectivity index (χ1n) is 9.82. The van der Waals surface area contributed by atoms with Crippen LogP contribution in [0, 0.1) is 0 Å². The van der Waals surface area contributed by atoms with Crippen molar-refractivity contribution in [3.05, 3.63) is 71.6 Å². The lowest BCUT2D eigenvalue weighted by atomic mass is 9.96. The number of pyridine rings is 1. The number of Topliss-reactive ketones (excluding diaryl/α,β-unsaturated/α-hetero) is 1. The fourth-order valence-electron chi connectivity index (χ4n) is 3.94. The molecule has 2 saturated heterocycles. The zero-order valence-corrected chi connectivity index (χ0v) is 16.1. The Labute approximate surface area is 169 Å². The lowest BCUT2D eigenvalue weighted by Crippen LogP contribution is -3.14. The van der Waals surface area contributed by atoms with E-state index >= 15 is 0 Å². The summed E-state index contributed by atoms with van der Waals surface area (Å²) in [6, 6.07) is 11.8. The second-order valence-electron chi connectivity index (χ2n) is 7.25. The number of carbonyl (C=O) groups is 2. The molecule has 0 unspecified atom stereocenters. The van der Waals surface area contributed by atoms with E-state index in [2.05, 4.69) is 4.98 Å². The average Bonchev–Trinajstić information content (AvgIpc) is 3.04. The minimum atomic E-state index is -0.648. The number of nitrogens with one attached hydrogen (secondary N) is 1. The summed E-state index contributed by atoms with van der Waals surface area (Å²) in [5, 5.41) is 10.9. The molecule has 2 fully saturated rings. The number of morpholine rings is 1. The maximum atomic E-state index is 12.9. The van der Waals surface area contributed by atoms with Crippen molar-refractivity contribution in [3.8, 4) is 0 Å². The molecule has 0 radical (unpaired) electrons. The first-order valence-corrected chi connectivity index (χ1v) is 9.82. The number of quaternary nitrogens is 1. The van der Waals surface area contributed by atoms with Gasteiger partial charge >= 0.3 is 0 Å². The molecule has 7 heteroatoms. The summed E-state index contributed by atoms with van der Waals surface area (Å²) in [4.78, 5) is 32.8. The Bertz CT molecular complexity index is 908. The zero-order valence-electron chi connectivity index (χ0n) is 16.1. The standard InChI is InChI=1S/C22H23N3O4/c26-20(17-4-2-1-3-5-17)18-19(16-6-8-23-9-7-16)25(22(28)21(18)27)11-10-24-12-14-29-15-13-24/h1-9,19,26H,10-15H2/p+1/t19-/m1/s1. The summed E-state index contributed by atoms with van der Waals surface area (Å²) < 4.78 is 5.39. The van der Waals surface area contributed by atoms with Crippen LogP contribution < -0.4 is 4.90 Å². The van der Waals surface area contributed by atoms with E-state index in [0.717, 1.165) is 25.2 Å². The van der Waals surface area contributed by atoms with Crippen LogP contribution in [0.4, 0.5) is 0 Å². The number of nitrogens with zero attached hydrogens (tertiary/aromatic N) is 2. The summed E-state index contributed by atoms with van der Waals surface area (Å²) in [5.41, 5.74) is 1.40. The van der Waals surface area contributed by atoms with Crippen LogP contribution >= 0.6 is 0 Å². The quantitative estimate of drug-likeness (QED) is 0.436. The molecule has 3 heterocycles. The molecule has 2 aliphatic rings. The molecule has 0 spiro atoms. The second kappa shape index (κ2) is 8.55. The molecule has 0 aliphatic carbocycles. The lowest BCUT2D eigenvalue weighted by molar-refractivity contribution is -0.907. The van der Waals surface area contributed by atoms with Gasteiger partial charge in [0, 0.05) is 18.0 Å². The Kier molecular flexibility index (Phi) is 5.69. The molecule has 29 heavy (non-hydrogen) atoms. The van der Waals surface area contributed by atoms with Gasteiger partial charge in [-0.3, -0.25) is 14.6 Å². The molecule has 1 aromatic heterocycles. The van der Waals surface area contributed by atoms with E-state index < -0.39 is 17.7 Å². The molecule has 0 saturated carbocycles. The largest absolute Gasteiger partial charge is 0.507 e. The number of rotatable bonds is 5. The van der Waals surface area contributed by atoms with Crippen LogP contribution in [0.1, 0.15) is 17.2 Å². The molecule has 2 N–H and O–H groups in total. The fourth-order valence-corrected chi connectivity index (χ4v) is 3.94. The number of aliphatic hydroxyl groups excluding tert-OH is 1. The number of ketones is 1. The number of hydrogen-bond donors (Lipinski definition) is 2. The highest BCUT2D eigenvalue weighted by atomic mass is 16.5. The highest BCUT2D eigenvalue weighted by Gasteiger charge is 2.46. The summed E-state index contributed by atoms with van der Waals surface area (Å²) >= 11 is 0. The summed E-state index contributed by atoms with van der Waals surface area (Å²) in [5.74, 6) is -1.37. The van der Waals surface area contributed by atoms with Crippen molar-refractivity contribution in [3.63, 3.8) is 0 Å². The van der Waals surface area contributed by atoms with Gasteiger partial charge in [-0.1, -0.05) is 30.3 Å². The third-order valence-electron chi connectivity index (χ3n) is 5.52. The molecule has 2 aromatic rings. The van der Waals surface area contributed by atoms with E-state index in [1.807, 2.05) is 6.07 Å². The van der Waals surface area contributed by atoms with E-state index in [9.17, 15) is 14.7 Å². The zero-order chi connectivity index (χ0) is 20.2. The lowest BCUT2D eigenvalue weighted by Gasteiger charge is -2.29. The van der Waals surface area contributed by atoms with Crippen LogP contribution in [0.5, 0.6) is 0 Å². The predicted octanol–water partition coefficient (Wildman–Crippen LogP) is 0.418. The number of benzene rings is 1. The number of aromatic nitrogens is 1. The van der Waals surface area contributed by atoms with E-state index in [4.69, 9.17) is 4.74 Å². The number of hydrogen-bond acceptors (Lipinski definition) is 5. The van der Waals surface area contributed by atoms with Crippen molar-refractivity contribution in [1.82, 2.24) is 9.88 Å². The van der Waals surface area contributed by atoms with E-state index in [0.29, 0.717) is 25.3 Å². The van der Waals surface area contributed by atoms with Gasteiger partial charge in [-0.15, -0.1) is 0 Å². The molecule has 1 atom stereocenters. The Morgan fingerprint density at radius 2 is 1.79 bits per heavy atom. The molecule has 7 nitrogen and oxygen atoms in total. The SMILES string of the molecule is O=C1C(=O)N(CC[NH+]2CCOCC2)[C@H](c2ccncc2)C1=C(O)c1ccccc1. The Morgan fingerprint density at radius 3 is 2.48 bits per heavy atom. The van der Waals surface area contributed by atoms with Crippen LogP contribution in [0.25, 0.3) is 5.76 Å². The molecule has 2 aliphatic heterocycles. The maximum Gasteiger partial charge on any atom is 0.295 e. The predicted molar refractivity (Wildman–Crippen MR) is 106 cm³/mol. The number of aliphatic hydroxyl groups is 1. The molecule has 1 amide bonds. The van der Waals surface area contributed by atoms with Gasteiger partial charge < -0.3 is 19.6 Å². The first-order chi connectivity index (χ1) is 14.2. The van der Waals surface area contributed by atoms with Gasteiger partial charge in [0.15, 0.2) is 0 Å². The van der Waals surface area contributed by atoms with Gasteiger partial charge in [-0.05, 0) is 17.7 Å². The maximum absolute atomic E-state index is 12.9. The smallest absolute Gasteiger partial charge is 0.295 e. The van der Waals surface area contributed by atoms with Crippen LogP contribution in [0.2, 0.25) is 0 Å². The number of ether oxygens (including phenoxy) is 1. The second-order valence-corrected chi connectivity index (χ2v) is 7.25. The van der Waals surface area contributed by atoms with Gasteiger partial charge in [-0.25, -0.2) is 0 Å². The van der Waals surface area contributed by atoms with Gasteiger partial charge in [0.2, 0.25) is 0 Å². The van der Waals surface area contributed by atoms with Gasteiger partial charge in [-0.2, -0.15) is 0 Å². The van der Waals surface area contributed by atoms with E-state index in [1.54, 1.807) is 53.7 Å². The summed E-state index contributed by atoms with van der Waals surface area (Å²) in [7, 11) is 0. The summed E-state index contributed by atoms with van der Waals surface area (Å²) in [6.45, 7) is 4.33. The molecule has 0 bridgehead atoms. The van der Waals surface area contributed by atoms with E-state index in [-0.39, 0.29) is 11.3 Å². The Morgan fingerprint density at radius 1 is 1.10 bits per heavy atom. The van der Waals surface area contributed by atoms with Gasteiger partial charge in [0.25, 0.3) is 11.7 Å². The Balaban J connectivity index is 1.70. The van der Waals surface area contributed by atoms with Gasteiger partial charge in [0.1, 0.15) is 18.8 Å². The van der Waals surface area contributed by atoms with Crippen LogP contribution in [0.3, 0.4) is 0 Å². The van der Waals surface area contributed by atoms with E-state index in [1.165, 1.54) is 4.90 Å². The fraction of sp³-hybridized carbons (Fsp3) is 0.318. The number of amides is 1. The highest BCUT2D eigenvalue weighted by Crippen LogP contribution is 2.38.